The monoisotopic (exact) mass is 184 g/mol. The number of carbonyl (C=O) groups is 1. The molecule has 1 aliphatic heterocycles. The van der Waals surface area contributed by atoms with Crippen LogP contribution in [0.5, 0.6) is 0 Å². The maximum atomic E-state index is 11.7. The van der Waals surface area contributed by atoms with Crippen LogP contribution in [0.4, 0.5) is 0 Å². The molecular weight excluding hydrogens is 168 g/mol. The van der Waals surface area contributed by atoms with Crippen molar-refractivity contribution in [2.24, 2.45) is 11.8 Å². The van der Waals surface area contributed by atoms with Gasteiger partial charge < -0.3 is 9.74 Å². The molecule has 0 radical (unpaired) electrons. The molecule has 13 heavy (non-hydrogen) atoms. The summed E-state index contributed by atoms with van der Waals surface area (Å²) < 4.78 is 0. The standard InChI is InChI=1S/C9H16N2O2/c10-13-6-8-2-1-5-11(8)9(12)7-3-4-7/h7-8H,1-6,10H2. The van der Waals surface area contributed by atoms with Gasteiger partial charge in [0.05, 0.1) is 12.6 Å². The van der Waals surface area contributed by atoms with Crippen LogP contribution in [0, 0.1) is 5.92 Å². The van der Waals surface area contributed by atoms with Gasteiger partial charge in [-0.2, -0.15) is 0 Å². The van der Waals surface area contributed by atoms with Gasteiger partial charge in [0.15, 0.2) is 0 Å². The van der Waals surface area contributed by atoms with Crippen molar-refractivity contribution in [2.75, 3.05) is 13.2 Å². The van der Waals surface area contributed by atoms with Gasteiger partial charge in [-0.1, -0.05) is 0 Å². The summed E-state index contributed by atoms with van der Waals surface area (Å²) in [6.07, 6.45) is 4.28. The Morgan fingerprint density at radius 1 is 1.46 bits per heavy atom. The van der Waals surface area contributed by atoms with Crippen LogP contribution >= 0.6 is 0 Å². The summed E-state index contributed by atoms with van der Waals surface area (Å²) in [7, 11) is 0. The molecular formula is C9H16N2O2. The van der Waals surface area contributed by atoms with Crippen LogP contribution < -0.4 is 5.90 Å². The molecule has 1 saturated heterocycles. The Hall–Kier alpha value is -0.610. The Balaban J connectivity index is 1.91. The third kappa shape index (κ3) is 1.84. The van der Waals surface area contributed by atoms with E-state index in [2.05, 4.69) is 4.84 Å². The molecule has 1 heterocycles. The van der Waals surface area contributed by atoms with Crippen LogP contribution in [-0.4, -0.2) is 30.0 Å². The molecule has 1 amide bonds. The Morgan fingerprint density at radius 2 is 2.23 bits per heavy atom. The SMILES string of the molecule is NOCC1CCCN1C(=O)C1CC1. The van der Waals surface area contributed by atoms with Gasteiger partial charge in [0, 0.05) is 12.5 Å². The van der Waals surface area contributed by atoms with Crippen LogP contribution in [-0.2, 0) is 9.63 Å². The predicted octanol–water partition coefficient (Wildman–Crippen LogP) is 0.278. The van der Waals surface area contributed by atoms with E-state index >= 15 is 0 Å². The summed E-state index contributed by atoms with van der Waals surface area (Å²) in [6.45, 7) is 1.38. The minimum atomic E-state index is 0.234. The van der Waals surface area contributed by atoms with Crippen molar-refractivity contribution in [3.8, 4) is 0 Å². The lowest BCUT2D eigenvalue weighted by Gasteiger charge is -2.23. The third-order valence-corrected chi connectivity index (χ3v) is 2.88. The van der Waals surface area contributed by atoms with Gasteiger partial charge in [-0.3, -0.25) is 4.79 Å². The second-order valence-electron chi connectivity index (χ2n) is 3.94. The van der Waals surface area contributed by atoms with Crippen LogP contribution in [0.1, 0.15) is 25.7 Å². The largest absolute Gasteiger partial charge is 0.337 e. The van der Waals surface area contributed by atoms with E-state index in [-0.39, 0.29) is 6.04 Å². The van der Waals surface area contributed by atoms with Crippen molar-refractivity contribution in [3.05, 3.63) is 0 Å². The predicted molar refractivity (Wildman–Crippen MR) is 47.6 cm³/mol. The molecule has 0 aromatic rings. The highest BCUT2D eigenvalue weighted by Crippen LogP contribution is 2.33. The molecule has 2 aliphatic rings. The van der Waals surface area contributed by atoms with E-state index < -0.39 is 0 Å². The third-order valence-electron chi connectivity index (χ3n) is 2.88. The molecule has 0 bridgehead atoms. The van der Waals surface area contributed by atoms with E-state index in [0.717, 1.165) is 32.2 Å². The number of nitrogens with zero attached hydrogens (tertiary/aromatic N) is 1. The normalized spacial score (nSPS) is 28.1. The molecule has 0 spiro atoms. The summed E-state index contributed by atoms with van der Waals surface area (Å²) in [5.74, 6) is 5.66. The molecule has 2 N–H and O–H groups in total. The molecule has 4 nitrogen and oxygen atoms in total. The minimum Gasteiger partial charge on any atom is -0.337 e. The van der Waals surface area contributed by atoms with Crippen LogP contribution in [0.25, 0.3) is 0 Å². The summed E-state index contributed by atoms with van der Waals surface area (Å²) in [5.41, 5.74) is 0. The van der Waals surface area contributed by atoms with Crippen LogP contribution in [0.15, 0.2) is 0 Å². The summed E-state index contributed by atoms with van der Waals surface area (Å²) in [4.78, 5) is 18.3. The Kier molecular flexibility index (Phi) is 2.51. The van der Waals surface area contributed by atoms with Gasteiger partial charge in [0.2, 0.25) is 5.91 Å². The van der Waals surface area contributed by atoms with Crippen molar-refractivity contribution >= 4 is 5.91 Å². The van der Waals surface area contributed by atoms with Crippen LogP contribution in [0.2, 0.25) is 0 Å². The first-order valence-corrected chi connectivity index (χ1v) is 4.95. The number of amides is 1. The zero-order valence-corrected chi connectivity index (χ0v) is 7.74. The number of likely N-dealkylation sites (tertiary alicyclic amines) is 1. The highest BCUT2D eigenvalue weighted by molar-refractivity contribution is 5.81. The summed E-state index contributed by atoms with van der Waals surface area (Å²) in [5, 5.41) is 0. The molecule has 2 fully saturated rings. The lowest BCUT2D eigenvalue weighted by atomic mass is 10.2. The van der Waals surface area contributed by atoms with Gasteiger partial charge >= 0.3 is 0 Å². The van der Waals surface area contributed by atoms with E-state index in [0.29, 0.717) is 18.4 Å². The molecule has 74 valence electrons. The summed E-state index contributed by atoms with van der Waals surface area (Å²) in [6, 6.07) is 0.234. The molecule has 2 rings (SSSR count). The maximum Gasteiger partial charge on any atom is 0.226 e. The Labute approximate surface area is 78.0 Å². The lowest BCUT2D eigenvalue weighted by Crippen LogP contribution is -2.39. The number of hydrogen-bond donors (Lipinski definition) is 1. The van der Waals surface area contributed by atoms with E-state index in [1.54, 1.807) is 0 Å². The average Bonchev–Trinajstić information content (AvgIpc) is 2.87. The zero-order chi connectivity index (χ0) is 9.26. The van der Waals surface area contributed by atoms with Gasteiger partial charge in [0.1, 0.15) is 0 Å². The van der Waals surface area contributed by atoms with Gasteiger partial charge in [-0.15, -0.1) is 0 Å². The van der Waals surface area contributed by atoms with Crippen molar-refractivity contribution in [2.45, 2.75) is 31.7 Å². The van der Waals surface area contributed by atoms with Gasteiger partial charge in [-0.05, 0) is 25.7 Å². The molecule has 1 aliphatic carbocycles. The second-order valence-corrected chi connectivity index (χ2v) is 3.94. The van der Waals surface area contributed by atoms with E-state index in [1.807, 2.05) is 4.90 Å². The first-order valence-electron chi connectivity index (χ1n) is 4.95. The highest BCUT2D eigenvalue weighted by atomic mass is 16.6. The number of rotatable bonds is 3. The van der Waals surface area contributed by atoms with E-state index in [9.17, 15) is 4.79 Å². The number of carbonyl (C=O) groups excluding carboxylic acids is 1. The maximum absolute atomic E-state index is 11.7. The fourth-order valence-electron chi connectivity index (χ4n) is 1.97. The van der Waals surface area contributed by atoms with E-state index in [1.165, 1.54) is 0 Å². The topological polar surface area (TPSA) is 55.6 Å². The van der Waals surface area contributed by atoms with Crippen molar-refractivity contribution < 1.29 is 9.63 Å². The first-order chi connectivity index (χ1) is 6.33. The fourth-order valence-corrected chi connectivity index (χ4v) is 1.97. The zero-order valence-electron chi connectivity index (χ0n) is 7.74. The van der Waals surface area contributed by atoms with E-state index in [4.69, 9.17) is 5.90 Å². The van der Waals surface area contributed by atoms with Gasteiger partial charge in [0.25, 0.3) is 0 Å². The average molecular weight is 184 g/mol. The van der Waals surface area contributed by atoms with Crippen LogP contribution in [0.3, 0.4) is 0 Å². The quantitative estimate of drug-likeness (QED) is 0.641. The minimum absolute atomic E-state index is 0.234. The molecule has 4 heteroatoms. The molecule has 1 saturated carbocycles. The smallest absolute Gasteiger partial charge is 0.226 e. The molecule has 0 aromatic carbocycles. The Morgan fingerprint density at radius 3 is 2.85 bits per heavy atom. The first kappa shape index (κ1) is 8.97. The molecule has 0 aromatic heterocycles. The molecule has 1 unspecified atom stereocenters. The van der Waals surface area contributed by atoms with Crippen molar-refractivity contribution in [3.63, 3.8) is 0 Å². The lowest BCUT2D eigenvalue weighted by molar-refractivity contribution is -0.134. The molecule has 1 atom stereocenters. The Bertz CT molecular complexity index is 204. The highest BCUT2D eigenvalue weighted by Gasteiger charge is 2.38. The summed E-state index contributed by atoms with van der Waals surface area (Å²) >= 11 is 0. The van der Waals surface area contributed by atoms with Crippen molar-refractivity contribution in [1.82, 2.24) is 4.90 Å². The number of hydrogen-bond acceptors (Lipinski definition) is 3. The van der Waals surface area contributed by atoms with Gasteiger partial charge in [-0.25, -0.2) is 5.90 Å². The number of nitrogens with two attached hydrogens (primary N) is 1. The second kappa shape index (κ2) is 3.64. The van der Waals surface area contributed by atoms with Crippen molar-refractivity contribution in [1.29, 1.82) is 0 Å². The fraction of sp³-hybridized carbons (Fsp3) is 0.889.